The highest BCUT2D eigenvalue weighted by Gasteiger charge is 2.57. The van der Waals surface area contributed by atoms with Crippen molar-refractivity contribution in [2.45, 2.75) is 94.3 Å². The Hall–Kier alpha value is -2.30. The van der Waals surface area contributed by atoms with E-state index in [0.717, 1.165) is 17.6 Å². The predicted octanol–water partition coefficient (Wildman–Crippen LogP) is 4.16. The molecule has 1 aromatic rings. The Balaban J connectivity index is 0.000000226. The normalized spacial score (nSPS) is 27.4. The smallest absolute Gasteiger partial charge is 0.408 e. The van der Waals surface area contributed by atoms with E-state index in [1.165, 1.54) is 88.0 Å². The van der Waals surface area contributed by atoms with E-state index in [4.69, 9.17) is 9.47 Å². The van der Waals surface area contributed by atoms with Crippen molar-refractivity contribution >= 4 is 29.7 Å². The lowest BCUT2D eigenvalue weighted by molar-refractivity contribution is -0.160. The quantitative estimate of drug-likeness (QED) is 0.405. The molecule has 3 N–H and O–H groups in total. The Morgan fingerprint density at radius 1 is 1.03 bits per heavy atom. The highest BCUT2D eigenvalue weighted by atomic mass is 32.2. The highest BCUT2D eigenvalue weighted by Crippen LogP contribution is 2.42. The van der Waals surface area contributed by atoms with E-state index in [-0.39, 0.29) is 31.0 Å². The van der Waals surface area contributed by atoms with Crippen LogP contribution in [-0.2, 0) is 25.7 Å². The zero-order valence-corrected chi connectivity index (χ0v) is 23.8. The number of rotatable bonds is 8. The second-order valence-corrected chi connectivity index (χ2v) is 12.3. The summed E-state index contributed by atoms with van der Waals surface area (Å²) in [6, 6.07) is 10.3. The van der Waals surface area contributed by atoms with Gasteiger partial charge in [-0.3, -0.25) is 9.59 Å². The SMILES string of the molecule is C1CCC(NC2CCCCC2)CC1.COCC1(C(=O)O)CS[C@@H]2C(NC(=O)OCc3ccccc3)C(=O)N2C1. The van der Waals surface area contributed by atoms with E-state index in [2.05, 4.69) is 10.6 Å². The molecule has 0 radical (unpaired) electrons. The van der Waals surface area contributed by atoms with Gasteiger partial charge in [-0.1, -0.05) is 68.9 Å². The van der Waals surface area contributed by atoms with E-state index in [1.54, 1.807) is 0 Å². The minimum atomic E-state index is -1.12. The summed E-state index contributed by atoms with van der Waals surface area (Å²) in [5, 5.41) is 15.7. The number of carboxylic acids is 1. The molecule has 9 nitrogen and oxygen atoms in total. The van der Waals surface area contributed by atoms with Crippen LogP contribution in [0.3, 0.4) is 0 Å². The van der Waals surface area contributed by atoms with Crippen molar-refractivity contribution in [3.8, 4) is 0 Å². The molecular formula is C29H43N3O6S. The fourth-order valence-electron chi connectivity index (χ4n) is 5.95. The van der Waals surface area contributed by atoms with Gasteiger partial charge < -0.3 is 30.1 Å². The molecule has 4 aliphatic rings. The third-order valence-corrected chi connectivity index (χ3v) is 9.77. The molecule has 0 bridgehead atoms. The summed E-state index contributed by atoms with van der Waals surface area (Å²) in [6.07, 6.45) is 13.9. The molecule has 4 fully saturated rings. The highest BCUT2D eigenvalue weighted by molar-refractivity contribution is 8.00. The number of carboxylic acid groups (broad SMARTS) is 1. The van der Waals surface area contributed by atoms with Crippen molar-refractivity contribution in [3.05, 3.63) is 35.9 Å². The van der Waals surface area contributed by atoms with E-state index in [1.807, 2.05) is 30.3 Å². The van der Waals surface area contributed by atoms with Gasteiger partial charge >= 0.3 is 12.1 Å². The third-order valence-electron chi connectivity index (χ3n) is 8.19. The number of fused-ring (bicyclic) bond motifs is 1. The minimum absolute atomic E-state index is 0.0308. The molecule has 2 aliphatic carbocycles. The molecule has 0 aromatic heterocycles. The zero-order valence-electron chi connectivity index (χ0n) is 22.9. The summed E-state index contributed by atoms with van der Waals surface area (Å²) in [5.41, 5.74) is -0.272. The molecule has 39 heavy (non-hydrogen) atoms. The molecule has 2 unspecified atom stereocenters. The van der Waals surface area contributed by atoms with Crippen LogP contribution in [0.4, 0.5) is 4.79 Å². The van der Waals surface area contributed by atoms with Gasteiger partial charge in [0.25, 0.3) is 0 Å². The topological polar surface area (TPSA) is 117 Å². The van der Waals surface area contributed by atoms with Crippen LogP contribution in [0, 0.1) is 5.41 Å². The van der Waals surface area contributed by atoms with Crippen LogP contribution < -0.4 is 10.6 Å². The molecule has 1 aromatic carbocycles. The number of carbonyl (C=O) groups excluding carboxylic acids is 2. The molecule has 216 valence electrons. The lowest BCUT2D eigenvalue weighted by atomic mass is 9.88. The number of nitrogens with zero attached hydrogens (tertiary/aromatic N) is 1. The number of β-lactam (4-membered cyclic amide) rings is 1. The number of benzene rings is 1. The lowest BCUT2D eigenvalue weighted by Crippen LogP contribution is -2.74. The van der Waals surface area contributed by atoms with E-state index in [0.29, 0.717) is 5.75 Å². The predicted molar refractivity (Wildman–Crippen MR) is 150 cm³/mol. The summed E-state index contributed by atoms with van der Waals surface area (Å²) in [5.74, 6) is -0.987. The van der Waals surface area contributed by atoms with Gasteiger partial charge in [0.15, 0.2) is 0 Å². The van der Waals surface area contributed by atoms with Crippen LogP contribution in [0.15, 0.2) is 30.3 Å². The number of amides is 2. The number of nitrogens with one attached hydrogen (secondary N) is 2. The number of thioether (sulfide) groups is 1. The maximum Gasteiger partial charge on any atom is 0.408 e. The van der Waals surface area contributed by atoms with Crippen LogP contribution >= 0.6 is 11.8 Å². The van der Waals surface area contributed by atoms with Crippen molar-refractivity contribution in [1.82, 2.24) is 15.5 Å². The Bertz CT molecular complexity index is 938. The monoisotopic (exact) mass is 561 g/mol. The van der Waals surface area contributed by atoms with Crippen molar-refractivity contribution in [2.24, 2.45) is 5.41 Å². The average molecular weight is 562 g/mol. The standard InChI is InChI=1S/C17H20N2O6S.C12H23N/c1-24-9-17(15(21)22)8-19-13(20)12(14(19)26-10-17)18-16(23)25-7-11-5-3-2-4-6-11;1-3-7-11(8-4-1)13-12-9-5-2-6-10-12/h2-6,12,14H,7-10H2,1H3,(H,18,23)(H,21,22);11-13H,1-10H2/t12?,14-,17?;/m1./s1. The summed E-state index contributed by atoms with van der Waals surface area (Å²) >= 11 is 1.33. The van der Waals surface area contributed by atoms with E-state index >= 15 is 0 Å². The first kappa shape index (κ1) is 29.7. The molecule has 2 saturated carbocycles. The van der Waals surface area contributed by atoms with Crippen LogP contribution in [-0.4, -0.2) is 77.5 Å². The van der Waals surface area contributed by atoms with Gasteiger partial charge in [0.2, 0.25) is 5.91 Å². The van der Waals surface area contributed by atoms with Crippen LogP contribution in [0.25, 0.3) is 0 Å². The summed E-state index contributed by atoms with van der Waals surface area (Å²) in [4.78, 5) is 37.4. The molecule has 2 saturated heterocycles. The van der Waals surface area contributed by atoms with Gasteiger partial charge in [0.05, 0.1) is 6.61 Å². The number of hydrogen-bond donors (Lipinski definition) is 3. The molecule has 0 spiro atoms. The Morgan fingerprint density at radius 3 is 2.21 bits per heavy atom. The Labute approximate surface area is 235 Å². The van der Waals surface area contributed by atoms with Gasteiger partial charge in [-0.05, 0) is 31.2 Å². The number of carbonyl (C=O) groups is 3. The third kappa shape index (κ3) is 7.89. The summed E-state index contributed by atoms with van der Waals surface area (Å²) in [7, 11) is 1.44. The van der Waals surface area contributed by atoms with Gasteiger partial charge in [-0.15, -0.1) is 11.8 Å². The fourth-order valence-corrected chi connectivity index (χ4v) is 7.47. The largest absolute Gasteiger partial charge is 0.481 e. The van der Waals surface area contributed by atoms with E-state index in [9.17, 15) is 19.5 Å². The van der Waals surface area contributed by atoms with Crippen molar-refractivity contribution in [1.29, 1.82) is 0 Å². The molecule has 5 rings (SSSR count). The van der Waals surface area contributed by atoms with Gasteiger partial charge in [-0.25, -0.2) is 4.79 Å². The molecule has 10 heteroatoms. The van der Waals surface area contributed by atoms with Crippen LogP contribution in [0.2, 0.25) is 0 Å². The van der Waals surface area contributed by atoms with Crippen molar-refractivity contribution in [3.63, 3.8) is 0 Å². The Morgan fingerprint density at radius 2 is 1.64 bits per heavy atom. The zero-order chi connectivity index (χ0) is 27.7. The number of alkyl carbamates (subject to hydrolysis) is 1. The number of aliphatic carboxylic acids is 1. The first-order valence-corrected chi connectivity index (χ1v) is 15.3. The summed E-state index contributed by atoms with van der Waals surface area (Å²) < 4.78 is 10.2. The molecular weight excluding hydrogens is 518 g/mol. The van der Waals surface area contributed by atoms with E-state index < -0.39 is 23.5 Å². The second kappa shape index (κ2) is 14.4. The minimum Gasteiger partial charge on any atom is -0.481 e. The summed E-state index contributed by atoms with van der Waals surface area (Å²) in [6.45, 7) is 0.220. The van der Waals surface area contributed by atoms with Gasteiger partial charge in [0, 0.05) is 31.5 Å². The number of methoxy groups -OCH3 is 1. The van der Waals surface area contributed by atoms with Crippen LogP contribution in [0.1, 0.15) is 69.8 Å². The second-order valence-electron chi connectivity index (χ2n) is 11.2. The Kier molecular flexibility index (Phi) is 10.9. The first-order chi connectivity index (χ1) is 18.9. The van der Waals surface area contributed by atoms with Crippen molar-refractivity contribution in [2.75, 3.05) is 26.0 Å². The maximum atomic E-state index is 12.3. The number of hydrogen-bond acceptors (Lipinski definition) is 7. The fraction of sp³-hybridized carbons (Fsp3) is 0.690. The average Bonchev–Trinajstić information content (AvgIpc) is 2.97. The lowest BCUT2D eigenvalue weighted by Gasteiger charge is -2.53. The molecule has 2 amide bonds. The number of ether oxygens (including phenoxy) is 2. The van der Waals surface area contributed by atoms with Crippen molar-refractivity contribution < 1.29 is 29.0 Å². The molecule has 3 atom stereocenters. The van der Waals surface area contributed by atoms with Gasteiger partial charge in [0.1, 0.15) is 23.4 Å². The first-order valence-electron chi connectivity index (χ1n) is 14.3. The maximum absolute atomic E-state index is 12.3. The molecule has 2 heterocycles. The van der Waals surface area contributed by atoms with Crippen LogP contribution in [0.5, 0.6) is 0 Å². The van der Waals surface area contributed by atoms with Gasteiger partial charge in [-0.2, -0.15) is 0 Å². The molecule has 2 aliphatic heterocycles.